The van der Waals surface area contributed by atoms with E-state index in [2.05, 4.69) is 38.8 Å². The molecule has 1 aromatic rings. The molecule has 0 spiro atoms. The normalized spacial score (nSPS) is 23.2. The van der Waals surface area contributed by atoms with Crippen molar-refractivity contribution in [2.45, 2.75) is 65.0 Å². The van der Waals surface area contributed by atoms with Crippen LogP contribution in [0.25, 0.3) is 0 Å². The summed E-state index contributed by atoms with van der Waals surface area (Å²) < 4.78 is 1.96. The maximum absolute atomic E-state index is 5.97. The molecule has 21 heavy (non-hydrogen) atoms. The van der Waals surface area contributed by atoms with Gasteiger partial charge in [-0.25, -0.2) is 0 Å². The summed E-state index contributed by atoms with van der Waals surface area (Å²) in [6.07, 6.45) is 6.09. The van der Waals surface area contributed by atoms with Crippen LogP contribution in [0.1, 0.15) is 58.2 Å². The molecule has 0 aromatic carbocycles. The van der Waals surface area contributed by atoms with Crippen LogP contribution in [0.5, 0.6) is 0 Å². The van der Waals surface area contributed by atoms with Gasteiger partial charge in [0.2, 0.25) is 0 Å². The van der Waals surface area contributed by atoms with Gasteiger partial charge < -0.3 is 5.73 Å². The molecule has 4 nitrogen and oxygen atoms in total. The number of hydrogen-bond acceptors (Lipinski definition) is 3. The fraction of sp³-hybridized carbons (Fsp3) is 0.824. The van der Waals surface area contributed by atoms with Gasteiger partial charge >= 0.3 is 0 Å². The van der Waals surface area contributed by atoms with Crippen LogP contribution in [0.4, 0.5) is 0 Å². The lowest BCUT2D eigenvalue weighted by atomic mass is 9.89. The number of nitrogens with zero attached hydrogens (tertiary/aromatic N) is 3. The van der Waals surface area contributed by atoms with E-state index in [-0.39, 0.29) is 5.41 Å². The molecule has 2 N–H and O–H groups in total. The minimum Gasteiger partial charge on any atom is -0.330 e. The second kappa shape index (κ2) is 6.49. The van der Waals surface area contributed by atoms with Crippen molar-refractivity contribution in [3.63, 3.8) is 0 Å². The van der Waals surface area contributed by atoms with Gasteiger partial charge in [-0.1, -0.05) is 34.1 Å². The van der Waals surface area contributed by atoms with Crippen LogP contribution < -0.4 is 5.73 Å². The van der Waals surface area contributed by atoms with Crippen molar-refractivity contribution < 1.29 is 0 Å². The molecule has 4 heteroatoms. The van der Waals surface area contributed by atoms with E-state index < -0.39 is 0 Å². The predicted molar refractivity (Wildman–Crippen MR) is 88.2 cm³/mol. The van der Waals surface area contributed by atoms with E-state index in [1.807, 2.05) is 11.7 Å². The predicted octanol–water partition coefficient (Wildman–Crippen LogP) is 2.67. The molecule has 1 aromatic heterocycles. The van der Waals surface area contributed by atoms with Gasteiger partial charge in [0.25, 0.3) is 0 Å². The zero-order valence-electron chi connectivity index (χ0n) is 14.4. The first-order valence-corrected chi connectivity index (χ1v) is 8.34. The molecule has 120 valence electrons. The molecule has 0 amide bonds. The van der Waals surface area contributed by atoms with E-state index in [1.54, 1.807) is 0 Å². The first-order valence-electron chi connectivity index (χ1n) is 8.34. The smallest absolute Gasteiger partial charge is 0.0722 e. The van der Waals surface area contributed by atoms with Gasteiger partial charge in [-0.2, -0.15) is 5.10 Å². The van der Waals surface area contributed by atoms with Crippen LogP contribution in [0.15, 0.2) is 6.20 Å². The Morgan fingerprint density at radius 1 is 1.38 bits per heavy atom. The first-order chi connectivity index (χ1) is 9.86. The number of rotatable bonds is 5. The molecular weight excluding hydrogens is 260 g/mol. The summed E-state index contributed by atoms with van der Waals surface area (Å²) in [5, 5.41) is 4.70. The molecule has 2 rings (SSSR count). The Morgan fingerprint density at radius 2 is 2.10 bits per heavy atom. The molecule has 2 unspecified atom stereocenters. The Labute approximate surface area is 129 Å². The highest BCUT2D eigenvalue weighted by atomic mass is 15.3. The van der Waals surface area contributed by atoms with Crippen molar-refractivity contribution in [3.05, 3.63) is 17.5 Å². The van der Waals surface area contributed by atoms with Gasteiger partial charge in [0.15, 0.2) is 0 Å². The monoisotopic (exact) mass is 292 g/mol. The minimum absolute atomic E-state index is 0.0962. The summed E-state index contributed by atoms with van der Waals surface area (Å²) in [6.45, 7) is 11.9. The zero-order chi connectivity index (χ0) is 15.6. The van der Waals surface area contributed by atoms with E-state index >= 15 is 0 Å². The van der Waals surface area contributed by atoms with E-state index in [0.717, 1.165) is 19.6 Å². The summed E-state index contributed by atoms with van der Waals surface area (Å²) in [6, 6.07) is 0.646. The molecular formula is C17H32N4. The van der Waals surface area contributed by atoms with Gasteiger partial charge in [-0.3, -0.25) is 9.58 Å². The second-order valence-electron chi connectivity index (χ2n) is 7.48. The molecule has 0 aliphatic heterocycles. The maximum atomic E-state index is 5.97. The summed E-state index contributed by atoms with van der Waals surface area (Å²) in [7, 11) is 2.02. The van der Waals surface area contributed by atoms with Crippen molar-refractivity contribution in [3.8, 4) is 0 Å². The van der Waals surface area contributed by atoms with E-state index in [4.69, 9.17) is 10.8 Å². The molecule has 0 bridgehead atoms. The van der Waals surface area contributed by atoms with Crippen LogP contribution in [0.3, 0.4) is 0 Å². The van der Waals surface area contributed by atoms with Crippen molar-refractivity contribution in [1.82, 2.24) is 14.7 Å². The van der Waals surface area contributed by atoms with E-state index in [9.17, 15) is 0 Å². The molecule has 0 saturated heterocycles. The average molecular weight is 292 g/mol. The van der Waals surface area contributed by atoms with Crippen LogP contribution in [0, 0.1) is 5.92 Å². The lowest BCUT2D eigenvalue weighted by molar-refractivity contribution is 0.161. The van der Waals surface area contributed by atoms with Crippen molar-refractivity contribution in [2.75, 3.05) is 13.1 Å². The largest absolute Gasteiger partial charge is 0.330 e. The Morgan fingerprint density at radius 3 is 2.67 bits per heavy atom. The SMILES string of the molecule is CCN(Cc1cn(C)nc1C(C)(C)C)C1CCCC1CN. The third kappa shape index (κ3) is 3.67. The summed E-state index contributed by atoms with van der Waals surface area (Å²) in [4.78, 5) is 2.61. The van der Waals surface area contributed by atoms with E-state index in [1.165, 1.54) is 30.5 Å². The lowest BCUT2D eigenvalue weighted by Crippen LogP contribution is -2.40. The van der Waals surface area contributed by atoms with Gasteiger partial charge in [0.05, 0.1) is 5.69 Å². The van der Waals surface area contributed by atoms with Gasteiger partial charge in [0, 0.05) is 36.8 Å². The second-order valence-corrected chi connectivity index (χ2v) is 7.48. The van der Waals surface area contributed by atoms with Crippen LogP contribution in [0.2, 0.25) is 0 Å². The quantitative estimate of drug-likeness (QED) is 0.907. The molecule has 1 fully saturated rings. The van der Waals surface area contributed by atoms with Crippen LogP contribution >= 0.6 is 0 Å². The Bertz CT molecular complexity index is 458. The van der Waals surface area contributed by atoms with Crippen molar-refractivity contribution in [1.29, 1.82) is 0 Å². The number of aryl methyl sites for hydroxylation is 1. The standard InChI is InChI=1S/C17H32N4/c1-6-21(15-9-7-8-13(15)10-18)12-14-11-20(5)19-16(14)17(2,3)4/h11,13,15H,6-10,12,18H2,1-5H3. The topological polar surface area (TPSA) is 47.1 Å². The van der Waals surface area contributed by atoms with Crippen molar-refractivity contribution >= 4 is 0 Å². The highest BCUT2D eigenvalue weighted by molar-refractivity contribution is 5.24. The minimum atomic E-state index is 0.0962. The molecule has 1 saturated carbocycles. The molecule has 2 atom stereocenters. The Hall–Kier alpha value is -0.870. The Kier molecular flexibility index (Phi) is 5.10. The number of aromatic nitrogens is 2. The fourth-order valence-corrected chi connectivity index (χ4v) is 3.74. The molecule has 1 heterocycles. The zero-order valence-corrected chi connectivity index (χ0v) is 14.4. The molecule has 1 aliphatic carbocycles. The number of hydrogen-bond donors (Lipinski definition) is 1. The van der Waals surface area contributed by atoms with Crippen LogP contribution in [-0.4, -0.2) is 33.8 Å². The van der Waals surface area contributed by atoms with Gasteiger partial charge in [0.1, 0.15) is 0 Å². The molecule has 1 aliphatic rings. The van der Waals surface area contributed by atoms with Gasteiger partial charge in [-0.15, -0.1) is 0 Å². The van der Waals surface area contributed by atoms with Crippen molar-refractivity contribution in [2.24, 2.45) is 18.7 Å². The van der Waals surface area contributed by atoms with Gasteiger partial charge in [-0.05, 0) is 31.8 Å². The highest BCUT2D eigenvalue weighted by Crippen LogP contribution is 2.32. The van der Waals surface area contributed by atoms with E-state index in [0.29, 0.717) is 12.0 Å². The highest BCUT2D eigenvalue weighted by Gasteiger charge is 2.32. The van der Waals surface area contributed by atoms with Crippen LogP contribution in [-0.2, 0) is 19.0 Å². The third-order valence-corrected chi connectivity index (χ3v) is 4.79. The maximum Gasteiger partial charge on any atom is 0.0722 e. The average Bonchev–Trinajstić information content (AvgIpc) is 3.01. The summed E-state index contributed by atoms with van der Waals surface area (Å²) in [5.41, 5.74) is 8.66. The summed E-state index contributed by atoms with van der Waals surface area (Å²) in [5.74, 6) is 0.666. The third-order valence-electron chi connectivity index (χ3n) is 4.79. The Balaban J connectivity index is 2.19. The number of nitrogens with two attached hydrogens (primary N) is 1. The fourth-order valence-electron chi connectivity index (χ4n) is 3.74. The lowest BCUT2D eigenvalue weighted by Gasteiger charge is -2.32. The molecule has 0 radical (unpaired) electrons. The summed E-state index contributed by atoms with van der Waals surface area (Å²) >= 11 is 0. The first kappa shape index (κ1) is 16.5.